The lowest BCUT2D eigenvalue weighted by Gasteiger charge is -2.45. The van der Waals surface area contributed by atoms with Gasteiger partial charge in [-0.2, -0.15) is 0 Å². The molecule has 0 spiro atoms. The topological polar surface area (TPSA) is 28.2 Å². The van der Waals surface area contributed by atoms with Gasteiger partial charge in [-0.05, 0) is 46.1 Å². The summed E-state index contributed by atoms with van der Waals surface area (Å²) in [6.45, 7) is 13.8. The van der Waals surface area contributed by atoms with Gasteiger partial charge in [-0.15, -0.1) is 11.3 Å². The fourth-order valence-electron chi connectivity index (χ4n) is 3.26. The Hall–Kier alpha value is -0.450. The van der Waals surface area contributed by atoms with Crippen molar-refractivity contribution in [3.8, 4) is 0 Å². The van der Waals surface area contributed by atoms with Crippen LogP contribution in [0.1, 0.15) is 56.5 Å². The third-order valence-electron chi connectivity index (χ3n) is 4.77. The predicted octanol–water partition coefficient (Wildman–Crippen LogP) is 3.61. The molecule has 0 aliphatic carbocycles. The number of nitrogens with one attached hydrogen (secondary N) is 1. The quantitative estimate of drug-likeness (QED) is 0.899. The first kappa shape index (κ1) is 15.9. The number of thiazole rings is 1. The van der Waals surface area contributed by atoms with Gasteiger partial charge in [0.1, 0.15) is 5.01 Å². The summed E-state index contributed by atoms with van der Waals surface area (Å²) >= 11 is 1.84. The molecule has 1 saturated heterocycles. The molecule has 0 radical (unpaired) electrons. The van der Waals surface area contributed by atoms with Crippen LogP contribution in [0.25, 0.3) is 0 Å². The van der Waals surface area contributed by atoms with E-state index in [1.807, 2.05) is 17.5 Å². The van der Waals surface area contributed by atoms with Gasteiger partial charge in [0.25, 0.3) is 0 Å². The van der Waals surface area contributed by atoms with Crippen LogP contribution in [-0.4, -0.2) is 35.1 Å². The highest BCUT2D eigenvalue weighted by Crippen LogP contribution is 2.33. The number of aromatic nitrogens is 1. The van der Waals surface area contributed by atoms with Crippen molar-refractivity contribution in [3.05, 3.63) is 16.1 Å². The second kappa shape index (κ2) is 7.01. The van der Waals surface area contributed by atoms with Gasteiger partial charge in [0.15, 0.2) is 0 Å². The molecule has 4 heteroatoms. The number of rotatable bonds is 5. The van der Waals surface area contributed by atoms with Gasteiger partial charge in [0, 0.05) is 29.7 Å². The summed E-state index contributed by atoms with van der Waals surface area (Å²) in [6.07, 6.45) is 4.47. The van der Waals surface area contributed by atoms with Crippen molar-refractivity contribution in [3.63, 3.8) is 0 Å². The van der Waals surface area contributed by atoms with Crippen molar-refractivity contribution < 1.29 is 0 Å². The smallest absolute Gasteiger partial charge is 0.110 e. The van der Waals surface area contributed by atoms with Crippen LogP contribution >= 0.6 is 11.3 Å². The Morgan fingerprint density at radius 2 is 2.25 bits per heavy atom. The minimum Gasteiger partial charge on any atom is -0.314 e. The zero-order valence-corrected chi connectivity index (χ0v) is 14.3. The van der Waals surface area contributed by atoms with Crippen molar-refractivity contribution in [2.75, 3.05) is 13.1 Å². The van der Waals surface area contributed by atoms with Gasteiger partial charge >= 0.3 is 0 Å². The average Bonchev–Trinajstić information content (AvgIpc) is 2.86. The number of hydrogen-bond donors (Lipinski definition) is 1. The maximum Gasteiger partial charge on any atom is 0.110 e. The fourth-order valence-corrected chi connectivity index (χ4v) is 4.11. The molecule has 1 aromatic heterocycles. The summed E-state index contributed by atoms with van der Waals surface area (Å²) in [6, 6.07) is 1.72. The van der Waals surface area contributed by atoms with Crippen molar-refractivity contribution in [2.45, 2.75) is 65.6 Å². The van der Waals surface area contributed by atoms with Gasteiger partial charge in [0.05, 0.1) is 6.04 Å². The van der Waals surface area contributed by atoms with Crippen LogP contribution in [0, 0.1) is 12.8 Å². The molecule has 1 aliphatic rings. The third-order valence-corrected chi connectivity index (χ3v) is 5.85. The normalized spacial score (nSPS) is 29.6. The van der Waals surface area contributed by atoms with E-state index in [2.05, 4.69) is 49.8 Å². The second-order valence-corrected chi connectivity index (χ2v) is 7.44. The Balaban J connectivity index is 2.00. The average molecular weight is 295 g/mol. The van der Waals surface area contributed by atoms with E-state index in [0.717, 1.165) is 6.54 Å². The van der Waals surface area contributed by atoms with E-state index in [0.29, 0.717) is 24.0 Å². The maximum absolute atomic E-state index is 4.58. The maximum atomic E-state index is 4.58. The van der Waals surface area contributed by atoms with E-state index in [9.17, 15) is 0 Å². The Kier molecular flexibility index (Phi) is 5.58. The van der Waals surface area contributed by atoms with Crippen LogP contribution in [0.4, 0.5) is 0 Å². The van der Waals surface area contributed by atoms with Crippen LogP contribution < -0.4 is 5.32 Å². The lowest BCUT2D eigenvalue weighted by molar-refractivity contribution is 0.0524. The number of hydrogen-bond acceptors (Lipinski definition) is 4. The minimum atomic E-state index is 0.443. The van der Waals surface area contributed by atoms with E-state index in [4.69, 9.17) is 0 Å². The molecular weight excluding hydrogens is 266 g/mol. The standard InChI is InChI=1S/C16H29N3S/c1-6-8-17-15-7-9-19(13(4)12(15)3)14(5)16-18-10-11(2)20-16/h10,12-15,17H,6-9H2,1-5H3. The largest absolute Gasteiger partial charge is 0.314 e. The van der Waals surface area contributed by atoms with Crippen LogP contribution in [0.5, 0.6) is 0 Å². The minimum absolute atomic E-state index is 0.443. The van der Waals surface area contributed by atoms with Crippen LogP contribution in [0.2, 0.25) is 0 Å². The monoisotopic (exact) mass is 295 g/mol. The van der Waals surface area contributed by atoms with Crippen LogP contribution in [0.3, 0.4) is 0 Å². The zero-order chi connectivity index (χ0) is 14.7. The first-order valence-corrected chi connectivity index (χ1v) is 8.77. The Labute approximate surface area is 127 Å². The van der Waals surface area contributed by atoms with Crippen molar-refractivity contribution in [1.82, 2.24) is 15.2 Å². The molecule has 0 bridgehead atoms. The van der Waals surface area contributed by atoms with E-state index < -0.39 is 0 Å². The molecule has 1 N–H and O–H groups in total. The molecule has 4 atom stereocenters. The molecule has 2 heterocycles. The summed E-state index contributed by atoms with van der Waals surface area (Å²) < 4.78 is 0. The van der Waals surface area contributed by atoms with Gasteiger partial charge in [0.2, 0.25) is 0 Å². The number of likely N-dealkylation sites (tertiary alicyclic amines) is 1. The summed E-state index contributed by atoms with van der Waals surface area (Å²) in [5.41, 5.74) is 0. The summed E-state index contributed by atoms with van der Waals surface area (Å²) in [5.74, 6) is 0.693. The molecule has 0 amide bonds. The number of nitrogens with zero attached hydrogens (tertiary/aromatic N) is 2. The Bertz CT molecular complexity index is 418. The SMILES string of the molecule is CCCNC1CCN(C(C)c2ncc(C)s2)C(C)C1C. The van der Waals surface area contributed by atoms with Crippen molar-refractivity contribution in [1.29, 1.82) is 0 Å². The lowest BCUT2D eigenvalue weighted by Crippen LogP contribution is -2.53. The van der Waals surface area contributed by atoms with Crippen molar-refractivity contribution in [2.24, 2.45) is 5.92 Å². The van der Waals surface area contributed by atoms with E-state index in [-0.39, 0.29) is 0 Å². The summed E-state index contributed by atoms with van der Waals surface area (Å²) in [7, 11) is 0. The van der Waals surface area contributed by atoms with Gasteiger partial charge < -0.3 is 5.32 Å². The molecule has 2 rings (SSSR count). The molecule has 0 saturated carbocycles. The molecule has 1 aromatic rings. The number of aryl methyl sites for hydroxylation is 1. The van der Waals surface area contributed by atoms with Crippen LogP contribution in [-0.2, 0) is 0 Å². The highest BCUT2D eigenvalue weighted by Gasteiger charge is 2.35. The highest BCUT2D eigenvalue weighted by atomic mass is 32.1. The molecule has 1 fully saturated rings. The second-order valence-electron chi connectivity index (χ2n) is 6.17. The zero-order valence-electron chi connectivity index (χ0n) is 13.5. The molecule has 114 valence electrons. The molecule has 0 aromatic carbocycles. The number of piperidine rings is 1. The Morgan fingerprint density at radius 1 is 1.50 bits per heavy atom. The molecule has 3 nitrogen and oxygen atoms in total. The molecule has 20 heavy (non-hydrogen) atoms. The first-order chi connectivity index (χ1) is 9.54. The highest BCUT2D eigenvalue weighted by molar-refractivity contribution is 7.11. The van der Waals surface area contributed by atoms with Gasteiger partial charge in [-0.1, -0.05) is 13.8 Å². The van der Waals surface area contributed by atoms with E-state index in [1.54, 1.807) is 0 Å². The Morgan fingerprint density at radius 3 is 2.85 bits per heavy atom. The first-order valence-electron chi connectivity index (χ1n) is 7.96. The van der Waals surface area contributed by atoms with Gasteiger partial charge in [-0.25, -0.2) is 4.98 Å². The third kappa shape index (κ3) is 3.41. The van der Waals surface area contributed by atoms with Crippen molar-refractivity contribution >= 4 is 11.3 Å². The summed E-state index contributed by atoms with van der Waals surface area (Å²) in [4.78, 5) is 8.52. The van der Waals surface area contributed by atoms with Crippen LogP contribution in [0.15, 0.2) is 6.20 Å². The van der Waals surface area contributed by atoms with Gasteiger partial charge in [-0.3, -0.25) is 4.90 Å². The molecular formula is C16H29N3S. The van der Waals surface area contributed by atoms with E-state index >= 15 is 0 Å². The predicted molar refractivity (Wildman–Crippen MR) is 87.3 cm³/mol. The fraction of sp³-hybridized carbons (Fsp3) is 0.812. The lowest BCUT2D eigenvalue weighted by atomic mass is 9.86. The molecule has 4 unspecified atom stereocenters. The van der Waals surface area contributed by atoms with E-state index in [1.165, 1.54) is 29.3 Å². The molecule has 1 aliphatic heterocycles. The summed E-state index contributed by atoms with van der Waals surface area (Å²) in [5, 5.41) is 4.98.